The SMILES string of the molecule is O=C(c1cc(=O)c2ccccc2o1)N1CCN(c2ccc(OC3CCCCC3)nn2)CC1. The number of amides is 1. The molecular weight excluding hydrogens is 408 g/mol. The van der Waals surface area contributed by atoms with Crippen molar-refractivity contribution < 1.29 is 13.9 Å². The van der Waals surface area contributed by atoms with Gasteiger partial charge in [-0.3, -0.25) is 9.59 Å². The zero-order valence-electron chi connectivity index (χ0n) is 17.9. The molecular formula is C24H26N4O4. The largest absolute Gasteiger partial charge is 0.473 e. The molecule has 1 aliphatic heterocycles. The Kier molecular flexibility index (Phi) is 5.75. The van der Waals surface area contributed by atoms with Crippen LogP contribution in [0.4, 0.5) is 5.82 Å². The molecule has 3 aromatic rings. The highest BCUT2D eigenvalue weighted by molar-refractivity contribution is 5.93. The molecule has 1 saturated carbocycles. The van der Waals surface area contributed by atoms with Crippen molar-refractivity contribution in [1.82, 2.24) is 15.1 Å². The molecule has 166 valence electrons. The molecule has 0 radical (unpaired) electrons. The minimum absolute atomic E-state index is 0.0751. The van der Waals surface area contributed by atoms with E-state index in [0.29, 0.717) is 43.0 Å². The standard InChI is InChI=1S/C24H26N4O4/c29-19-16-21(32-20-9-5-4-8-18(19)20)24(30)28-14-12-27(13-15-28)22-10-11-23(26-25-22)31-17-6-2-1-3-7-17/h4-5,8-11,16-17H,1-3,6-7,12-15H2. The van der Waals surface area contributed by atoms with Crippen LogP contribution in [0.3, 0.4) is 0 Å². The lowest BCUT2D eigenvalue weighted by Crippen LogP contribution is -2.49. The molecule has 0 bridgehead atoms. The minimum Gasteiger partial charge on any atom is -0.473 e. The van der Waals surface area contributed by atoms with Gasteiger partial charge in [0.25, 0.3) is 5.91 Å². The van der Waals surface area contributed by atoms with Gasteiger partial charge < -0.3 is 19.0 Å². The van der Waals surface area contributed by atoms with Crippen molar-refractivity contribution in [3.8, 4) is 5.88 Å². The van der Waals surface area contributed by atoms with E-state index in [4.69, 9.17) is 9.15 Å². The van der Waals surface area contributed by atoms with Crippen molar-refractivity contribution in [1.29, 1.82) is 0 Å². The topological polar surface area (TPSA) is 88.8 Å². The van der Waals surface area contributed by atoms with Crippen LogP contribution in [0.15, 0.2) is 51.7 Å². The van der Waals surface area contributed by atoms with Crippen molar-refractivity contribution >= 4 is 22.7 Å². The molecule has 3 heterocycles. The molecule has 1 saturated heterocycles. The van der Waals surface area contributed by atoms with Gasteiger partial charge in [0.1, 0.15) is 11.7 Å². The number of anilines is 1. The van der Waals surface area contributed by atoms with Crippen molar-refractivity contribution in [2.75, 3.05) is 31.1 Å². The van der Waals surface area contributed by atoms with Crippen LogP contribution >= 0.6 is 0 Å². The van der Waals surface area contributed by atoms with Crippen LogP contribution in [-0.4, -0.2) is 53.3 Å². The molecule has 1 aromatic carbocycles. The molecule has 32 heavy (non-hydrogen) atoms. The van der Waals surface area contributed by atoms with E-state index in [1.807, 2.05) is 12.1 Å². The van der Waals surface area contributed by atoms with E-state index >= 15 is 0 Å². The van der Waals surface area contributed by atoms with Gasteiger partial charge in [0.15, 0.2) is 17.0 Å². The molecule has 0 unspecified atom stereocenters. The third-order valence-electron chi connectivity index (χ3n) is 6.20. The van der Waals surface area contributed by atoms with Crippen LogP contribution in [0.2, 0.25) is 0 Å². The fourth-order valence-electron chi connectivity index (χ4n) is 4.40. The van der Waals surface area contributed by atoms with E-state index < -0.39 is 0 Å². The lowest BCUT2D eigenvalue weighted by molar-refractivity contribution is 0.0715. The zero-order valence-corrected chi connectivity index (χ0v) is 17.9. The number of para-hydroxylation sites is 1. The van der Waals surface area contributed by atoms with E-state index in [0.717, 1.165) is 18.7 Å². The summed E-state index contributed by atoms with van der Waals surface area (Å²) in [7, 11) is 0. The maximum atomic E-state index is 12.9. The number of carbonyl (C=O) groups excluding carboxylic acids is 1. The van der Waals surface area contributed by atoms with Crippen LogP contribution in [0.1, 0.15) is 42.7 Å². The van der Waals surface area contributed by atoms with Crippen LogP contribution in [0, 0.1) is 0 Å². The Bertz CT molecular complexity index is 1150. The van der Waals surface area contributed by atoms with E-state index in [9.17, 15) is 9.59 Å². The van der Waals surface area contributed by atoms with Gasteiger partial charge in [-0.15, -0.1) is 10.2 Å². The van der Waals surface area contributed by atoms with Crippen LogP contribution in [0.5, 0.6) is 5.88 Å². The summed E-state index contributed by atoms with van der Waals surface area (Å²) in [6, 6.07) is 12.0. The maximum Gasteiger partial charge on any atom is 0.289 e. The van der Waals surface area contributed by atoms with Crippen LogP contribution in [0.25, 0.3) is 11.0 Å². The maximum absolute atomic E-state index is 12.9. The van der Waals surface area contributed by atoms with E-state index in [-0.39, 0.29) is 23.2 Å². The first kappa shape index (κ1) is 20.5. The number of hydrogen-bond donors (Lipinski definition) is 0. The Morgan fingerprint density at radius 3 is 2.50 bits per heavy atom. The Balaban J connectivity index is 1.20. The first-order valence-electron chi connectivity index (χ1n) is 11.2. The van der Waals surface area contributed by atoms with Crippen molar-refractivity contribution in [2.24, 2.45) is 0 Å². The lowest BCUT2D eigenvalue weighted by atomic mass is 9.98. The summed E-state index contributed by atoms with van der Waals surface area (Å²) in [4.78, 5) is 29.0. The predicted molar refractivity (Wildman–Crippen MR) is 120 cm³/mol. The molecule has 8 nitrogen and oxygen atoms in total. The molecule has 2 fully saturated rings. The second-order valence-electron chi connectivity index (χ2n) is 8.36. The van der Waals surface area contributed by atoms with Crippen LogP contribution < -0.4 is 15.1 Å². The van der Waals surface area contributed by atoms with Crippen LogP contribution in [-0.2, 0) is 0 Å². The van der Waals surface area contributed by atoms with E-state index in [1.165, 1.54) is 25.3 Å². The van der Waals surface area contributed by atoms with Gasteiger partial charge >= 0.3 is 0 Å². The molecule has 1 amide bonds. The number of aromatic nitrogens is 2. The third kappa shape index (κ3) is 4.30. The molecule has 1 aliphatic carbocycles. The summed E-state index contributed by atoms with van der Waals surface area (Å²) in [6.45, 7) is 2.27. The lowest BCUT2D eigenvalue weighted by Gasteiger charge is -2.34. The fourth-order valence-corrected chi connectivity index (χ4v) is 4.40. The Hall–Kier alpha value is -3.42. The number of benzene rings is 1. The Labute approximate surface area is 185 Å². The number of nitrogens with zero attached hydrogens (tertiary/aromatic N) is 4. The second kappa shape index (κ2) is 8.98. The van der Waals surface area contributed by atoms with Crippen molar-refractivity contribution in [2.45, 2.75) is 38.2 Å². The summed E-state index contributed by atoms with van der Waals surface area (Å²) in [5.41, 5.74) is 0.215. The number of hydrogen-bond acceptors (Lipinski definition) is 7. The number of rotatable bonds is 4. The fraction of sp³-hybridized carbons (Fsp3) is 0.417. The highest BCUT2D eigenvalue weighted by atomic mass is 16.5. The summed E-state index contributed by atoms with van der Waals surface area (Å²) >= 11 is 0. The summed E-state index contributed by atoms with van der Waals surface area (Å²) in [6.07, 6.45) is 6.11. The van der Waals surface area contributed by atoms with Gasteiger partial charge in [-0.1, -0.05) is 18.6 Å². The van der Waals surface area contributed by atoms with Gasteiger partial charge in [0.2, 0.25) is 5.88 Å². The van der Waals surface area contributed by atoms with Crippen molar-refractivity contribution in [3.63, 3.8) is 0 Å². The summed E-state index contributed by atoms with van der Waals surface area (Å²) < 4.78 is 11.7. The first-order chi connectivity index (χ1) is 15.7. The van der Waals surface area contributed by atoms with E-state index in [1.54, 1.807) is 29.2 Å². The molecule has 2 aromatic heterocycles. The van der Waals surface area contributed by atoms with Gasteiger partial charge in [-0.05, 0) is 43.9 Å². The normalized spacial score (nSPS) is 17.5. The Morgan fingerprint density at radius 1 is 0.969 bits per heavy atom. The number of fused-ring (bicyclic) bond motifs is 1. The molecule has 2 aliphatic rings. The minimum atomic E-state index is -0.269. The smallest absolute Gasteiger partial charge is 0.289 e. The molecule has 0 N–H and O–H groups in total. The highest BCUT2D eigenvalue weighted by Crippen LogP contribution is 2.23. The number of ether oxygens (including phenoxy) is 1. The number of carbonyl (C=O) groups is 1. The number of piperazine rings is 1. The molecule has 0 spiro atoms. The Morgan fingerprint density at radius 2 is 1.75 bits per heavy atom. The third-order valence-corrected chi connectivity index (χ3v) is 6.20. The van der Waals surface area contributed by atoms with Gasteiger partial charge in [0.05, 0.1) is 5.39 Å². The van der Waals surface area contributed by atoms with Gasteiger partial charge in [-0.2, -0.15) is 0 Å². The average Bonchev–Trinajstić information content (AvgIpc) is 2.85. The van der Waals surface area contributed by atoms with Gasteiger partial charge in [0, 0.05) is 38.3 Å². The first-order valence-corrected chi connectivity index (χ1v) is 11.2. The summed E-state index contributed by atoms with van der Waals surface area (Å²) in [5.74, 6) is 1.15. The highest BCUT2D eigenvalue weighted by Gasteiger charge is 2.25. The zero-order chi connectivity index (χ0) is 21.9. The predicted octanol–water partition coefficient (Wildman–Crippen LogP) is 3.26. The summed E-state index contributed by atoms with van der Waals surface area (Å²) in [5, 5.41) is 9.05. The van der Waals surface area contributed by atoms with Crippen molar-refractivity contribution in [3.05, 3.63) is 58.4 Å². The quantitative estimate of drug-likeness (QED) is 0.623. The molecule has 0 atom stereocenters. The van der Waals surface area contributed by atoms with Gasteiger partial charge in [-0.25, -0.2) is 0 Å². The molecule has 8 heteroatoms. The second-order valence-corrected chi connectivity index (χ2v) is 8.36. The van der Waals surface area contributed by atoms with E-state index in [2.05, 4.69) is 15.1 Å². The monoisotopic (exact) mass is 434 g/mol. The average molecular weight is 434 g/mol. The molecule has 5 rings (SSSR count).